The monoisotopic (exact) mass is 194 g/mol. The van der Waals surface area contributed by atoms with Gasteiger partial charge in [-0.25, -0.2) is 0 Å². The number of rotatable bonds is 2. The van der Waals surface area contributed by atoms with Gasteiger partial charge in [0.2, 0.25) is 5.91 Å². The van der Waals surface area contributed by atoms with Crippen LogP contribution in [0.3, 0.4) is 0 Å². The van der Waals surface area contributed by atoms with Gasteiger partial charge >= 0.3 is 24.8 Å². The normalized spacial score (nSPS) is 17.4. The fourth-order valence-electron chi connectivity index (χ4n) is 1.30. The van der Waals surface area contributed by atoms with Crippen molar-refractivity contribution in [2.45, 2.75) is 6.42 Å². The van der Waals surface area contributed by atoms with E-state index in [1.807, 2.05) is 7.05 Å². The summed E-state index contributed by atoms with van der Waals surface area (Å²) in [6.07, 6.45) is -0.385. The third kappa shape index (κ3) is 4.14. The van der Waals surface area contributed by atoms with Gasteiger partial charge in [-0.2, -0.15) is 0 Å². The molecule has 1 amide bonds. The molecule has 0 saturated carbocycles. The average Bonchev–Trinajstić information content (AvgIpc) is 2.04. The van der Waals surface area contributed by atoms with Crippen molar-refractivity contribution >= 4 is 30.7 Å². The fourth-order valence-corrected chi connectivity index (χ4v) is 1.30. The maximum atomic E-state index is 11.2. The number of piperazine rings is 1. The summed E-state index contributed by atoms with van der Waals surface area (Å²) in [7, 11) is 1.99. The summed E-state index contributed by atoms with van der Waals surface area (Å²) < 4.78 is 0. The van der Waals surface area contributed by atoms with E-state index in [2.05, 4.69) is 4.90 Å². The number of amides is 1. The van der Waals surface area contributed by atoms with Gasteiger partial charge in [-0.05, 0) is 7.05 Å². The van der Waals surface area contributed by atoms with Crippen molar-refractivity contribution < 1.29 is 14.7 Å². The van der Waals surface area contributed by atoms with E-state index in [0.29, 0.717) is 13.1 Å². The first-order chi connectivity index (χ1) is 6.09. The van der Waals surface area contributed by atoms with Gasteiger partial charge < -0.3 is 14.9 Å². The molecule has 0 atom stereocenters. The zero-order valence-corrected chi connectivity index (χ0v) is 7.69. The second-order valence-electron chi connectivity index (χ2n) is 3.25. The Morgan fingerprint density at radius 3 is 2.14 bits per heavy atom. The molecule has 0 aromatic rings. The summed E-state index contributed by atoms with van der Waals surface area (Å²) in [6, 6.07) is 0. The standard InChI is InChI=1S/C8H14N2O3.Li.H/c1-9-2-4-10(5-3-9)7(11)6-8(12)13;;/h2-6H2,1H3,(H,12,13);;. The second-order valence-corrected chi connectivity index (χ2v) is 3.25. The van der Waals surface area contributed by atoms with Gasteiger partial charge in [0.05, 0.1) is 0 Å². The molecule has 1 fully saturated rings. The number of carbonyl (C=O) groups is 2. The zero-order valence-electron chi connectivity index (χ0n) is 7.69. The SMILES string of the molecule is CN1CCN(C(=O)CC(=O)O)CC1.[LiH]. The number of hydrogen-bond acceptors (Lipinski definition) is 3. The Hall–Kier alpha value is -0.503. The van der Waals surface area contributed by atoms with Crippen LogP contribution in [0.25, 0.3) is 0 Å². The Morgan fingerprint density at radius 2 is 1.71 bits per heavy atom. The molecule has 0 aliphatic carbocycles. The van der Waals surface area contributed by atoms with Crippen LogP contribution in [-0.4, -0.2) is 78.9 Å². The predicted molar refractivity (Wildman–Crippen MR) is 53.5 cm³/mol. The van der Waals surface area contributed by atoms with E-state index in [-0.39, 0.29) is 31.2 Å². The summed E-state index contributed by atoms with van der Waals surface area (Å²) in [4.78, 5) is 25.2. The molecule has 0 bridgehead atoms. The maximum absolute atomic E-state index is 11.2. The second kappa shape index (κ2) is 6.07. The molecule has 0 aromatic carbocycles. The van der Waals surface area contributed by atoms with E-state index in [1.165, 1.54) is 0 Å². The van der Waals surface area contributed by atoms with E-state index in [0.717, 1.165) is 13.1 Å². The molecule has 0 unspecified atom stereocenters. The van der Waals surface area contributed by atoms with E-state index in [1.54, 1.807) is 4.90 Å². The molecule has 1 N–H and O–H groups in total. The van der Waals surface area contributed by atoms with Gasteiger partial charge in [0, 0.05) is 26.2 Å². The topological polar surface area (TPSA) is 60.9 Å². The Bertz CT molecular complexity index is 215. The van der Waals surface area contributed by atoms with Crippen LogP contribution in [0.1, 0.15) is 6.42 Å². The van der Waals surface area contributed by atoms with E-state index < -0.39 is 5.97 Å². The first kappa shape index (κ1) is 13.5. The number of carboxylic acid groups (broad SMARTS) is 1. The van der Waals surface area contributed by atoms with Gasteiger partial charge in [-0.3, -0.25) is 9.59 Å². The van der Waals surface area contributed by atoms with Gasteiger partial charge in [0.15, 0.2) is 0 Å². The van der Waals surface area contributed by atoms with Crippen LogP contribution in [0, 0.1) is 0 Å². The number of nitrogens with zero attached hydrogens (tertiary/aromatic N) is 2. The minimum absolute atomic E-state index is 0. The van der Waals surface area contributed by atoms with Gasteiger partial charge in [-0.15, -0.1) is 0 Å². The van der Waals surface area contributed by atoms with Crippen LogP contribution < -0.4 is 0 Å². The summed E-state index contributed by atoms with van der Waals surface area (Å²) in [5.41, 5.74) is 0. The molecule has 14 heavy (non-hydrogen) atoms. The molecule has 0 spiro atoms. The molecule has 5 nitrogen and oxygen atoms in total. The first-order valence-corrected chi connectivity index (χ1v) is 4.27. The van der Waals surface area contributed by atoms with Crippen LogP contribution >= 0.6 is 0 Å². The van der Waals surface area contributed by atoms with E-state index >= 15 is 0 Å². The van der Waals surface area contributed by atoms with Crippen molar-refractivity contribution in [2.24, 2.45) is 0 Å². The Kier molecular flexibility index (Phi) is 5.85. The molecule has 1 heterocycles. The Labute approximate surface area is 95.2 Å². The molecular weight excluding hydrogens is 179 g/mol. The molecule has 6 heteroatoms. The molecule has 0 aromatic heterocycles. The molecule has 1 aliphatic rings. The van der Waals surface area contributed by atoms with Crippen molar-refractivity contribution in [1.29, 1.82) is 0 Å². The number of likely N-dealkylation sites (N-methyl/N-ethyl adjacent to an activating group) is 1. The number of carboxylic acids is 1. The minimum atomic E-state index is -1.05. The first-order valence-electron chi connectivity index (χ1n) is 4.27. The van der Waals surface area contributed by atoms with Gasteiger partial charge in [-0.1, -0.05) is 0 Å². The van der Waals surface area contributed by atoms with Crippen molar-refractivity contribution in [3.8, 4) is 0 Å². The quantitative estimate of drug-likeness (QED) is 0.433. The number of carbonyl (C=O) groups excluding carboxylic acids is 1. The average molecular weight is 194 g/mol. The number of hydrogen-bond donors (Lipinski definition) is 1. The summed E-state index contributed by atoms with van der Waals surface area (Å²) in [6.45, 7) is 2.93. The molecule has 1 rings (SSSR count). The molecule has 1 aliphatic heterocycles. The van der Waals surface area contributed by atoms with E-state index in [4.69, 9.17) is 5.11 Å². The van der Waals surface area contributed by atoms with Crippen molar-refractivity contribution in [1.82, 2.24) is 9.80 Å². The van der Waals surface area contributed by atoms with Gasteiger partial charge in [0.25, 0.3) is 0 Å². The molecule has 0 radical (unpaired) electrons. The summed E-state index contributed by atoms with van der Waals surface area (Å²) in [5.74, 6) is -1.33. The third-order valence-electron chi connectivity index (χ3n) is 2.16. The molecule has 1 saturated heterocycles. The van der Waals surface area contributed by atoms with Crippen LogP contribution in [0.15, 0.2) is 0 Å². The Morgan fingerprint density at radius 1 is 1.21 bits per heavy atom. The van der Waals surface area contributed by atoms with Crippen molar-refractivity contribution in [2.75, 3.05) is 33.2 Å². The fraction of sp³-hybridized carbons (Fsp3) is 0.750. The zero-order chi connectivity index (χ0) is 9.84. The Balaban J connectivity index is 0.00000169. The molecule has 76 valence electrons. The molecular formula is C8H15LiN2O3. The van der Waals surface area contributed by atoms with Crippen LogP contribution in [0.4, 0.5) is 0 Å². The van der Waals surface area contributed by atoms with Crippen LogP contribution in [0.2, 0.25) is 0 Å². The van der Waals surface area contributed by atoms with Crippen molar-refractivity contribution in [3.63, 3.8) is 0 Å². The third-order valence-corrected chi connectivity index (χ3v) is 2.16. The van der Waals surface area contributed by atoms with Crippen molar-refractivity contribution in [3.05, 3.63) is 0 Å². The predicted octanol–water partition coefficient (Wildman–Crippen LogP) is -1.41. The summed E-state index contributed by atoms with van der Waals surface area (Å²) in [5, 5.41) is 8.41. The van der Waals surface area contributed by atoms with Crippen LogP contribution in [-0.2, 0) is 9.59 Å². The number of aliphatic carboxylic acids is 1. The summed E-state index contributed by atoms with van der Waals surface area (Å²) >= 11 is 0. The van der Waals surface area contributed by atoms with Gasteiger partial charge in [0.1, 0.15) is 6.42 Å². The van der Waals surface area contributed by atoms with Crippen LogP contribution in [0.5, 0.6) is 0 Å². The van der Waals surface area contributed by atoms with E-state index in [9.17, 15) is 9.59 Å².